The van der Waals surface area contributed by atoms with Gasteiger partial charge >= 0.3 is 0 Å². The van der Waals surface area contributed by atoms with Gasteiger partial charge in [-0.2, -0.15) is 0 Å². The summed E-state index contributed by atoms with van der Waals surface area (Å²) < 4.78 is 15.1. The molecule has 184 valence electrons. The normalized spacial score (nSPS) is 13.4. The number of hydrogen-bond donors (Lipinski definition) is 0. The summed E-state index contributed by atoms with van der Waals surface area (Å²) in [5.41, 5.74) is 5.30. The van der Waals surface area contributed by atoms with Gasteiger partial charge in [0, 0.05) is 16.5 Å². The highest BCUT2D eigenvalue weighted by atomic mass is 127. The highest BCUT2D eigenvalue weighted by Crippen LogP contribution is 2.55. The van der Waals surface area contributed by atoms with Gasteiger partial charge in [0.25, 0.3) is 0 Å². The number of para-hydroxylation sites is 1. The van der Waals surface area contributed by atoms with Gasteiger partial charge in [-0.3, -0.25) is 4.79 Å². The molecule has 6 rings (SSSR count). The molecule has 5 heteroatoms. The van der Waals surface area contributed by atoms with Crippen LogP contribution < -0.4 is 14.9 Å². The van der Waals surface area contributed by atoms with Crippen molar-refractivity contribution in [3.8, 4) is 22.8 Å². The van der Waals surface area contributed by atoms with Crippen LogP contribution in [0.3, 0.4) is 0 Å². The Morgan fingerprint density at radius 1 is 0.811 bits per heavy atom. The topological polar surface area (TPSA) is 40.5 Å². The first-order chi connectivity index (χ1) is 18.0. The van der Waals surface area contributed by atoms with Crippen molar-refractivity contribution in [3.05, 3.63) is 128 Å². The lowest BCUT2D eigenvalue weighted by Gasteiger charge is -2.36. The lowest BCUT2D eigenvalue weighted by atomic mass is 9.77. The van der Waals surface area contributed by atoms with E-state index in [1.807, 2.05) is 56.3 Å². The maximum atomic E-state index is 13.7. The zero-order chi connectivity index (χ0) is 25.7. The van der Waals surface area contributed by atoms with E-state index in [2.05, 4.69) is 81.8 Å². The molecule has 1 aliphatic rings. The van der Waals surface area contributed by atoms with Crippen molar-refractivity contribution in [2.24, 2.45) is 0 Å². The van der Waals surface area contributed by atoms with Gasteiger partial charge in [-0.15, -0.1) is 0 Å². The Hall–Kier alpha value is -3.58. The minimum Gasteiger partial charge on any atom is -0.493 e. The number of halogens is 1. The molecule has 0 aliphatic carbocycles. The Balaban J connectivity index is 1.89. The second-order valence-electron chi connectivity index (χ2n) is 9.50. The van der Waals surface area contributed by atoms with Crippen LogP contribution in [0.25, 0.3) is 22.2 Å². The molecule has 0 fully saturated rings. The molecule has 1 aromatic heterocycles. The number of hydrogen-bond acceptors (Lipinski definition) is 3. The van der Waals surface area contributed by atoms with E-state index in [4.69, 9.17) is 9.47 Å². The standard InChI is InChI=1S/C32H26INO3/c1-20(2)37-28-18-24-25(19-27(28)36-3)32(21-12-6-4-7-13-21,22-14-8-5-9-15-22)34-26-17-11-10-16-23(26)31(35)29(33)30(24)34/h4-20H,1-3H3. The predicted octanol–water partition coefficient (Wildman–Crippen LogP) is 7.22. The quantitative estimate of drug-likeness (QED) is 0.197. The molecular weight excluding hydrogens is 573 g/mol. The second kappa shape index (κ2) is 9.06. The first-order valence-corrected chi connectivity index (χ1v) is 13.4. The van der Waals surface area contributed by atoms with Gasteiger partial charge in [-0.25, -0.2) is 0 Å². The van der Waals surface area contributed by atoms with E-state index in [-0.39, 0.29) is 11.5 Å². The summed E-state index contributed by atoms with van der Waals surface area (Å²) in [7, 11) is 1.67. The van der Waals surface area contributed by atoms with Crippen LogP contribution in [0.2, 0.25) is 0 Å². The van der Waals surface area contributed by atoms with Crippen LogP contribution in [0.5, 0.6) is 11.5 Å². The lowest BCUT2D eigenvalue weighted by Crippen LogP contribution is -2.36. The molecule has 0 bridgehead atoms. The average Bonchev–Trinajstić information content (AvgIpc) is 3.23. The molecule has 0 spiro atoms. The van der Waals surface area contributed by atoms with Crippen molar-refractivity contribution in [1.29, 1.82) is 0 Å². The number of rotatable bonds is 5. The van der Waals surface area contributed by atoms with E-state index in [9.17, 15) is 4.79 Å². The van der Waals surface area contributed by atoms with E-state index in [0.717, 1.165) is 33.5 Å². The Kier molecular flexibility index (Phi) is 5.83. The summed E-state index contributed by atoms with van der Waals surface area (Å²) in [6.07, 6.45) is -0.0285. The van der Waals surface area contributed by atoms with Gasteiger partial charge in [0.15, 0.2) is 11.5 Å². The summed E-state index contributed by atoms with van der Waals surface area (Å²) >= 11 is 2.22. The van der Waals surface area contributed by atoms with Crippen LogP contribution in [0.15, 0.2) is 102 Å². The van der Waals surface area contributed by atoms with Crippen LogP contribution in [-0.4, -0.2) is 17.8 Å². The highest BCUT2D eigenvalue weighted by Gasteiger charge is 2.48. The summed E-state index contributed by atoms with van der Waals surface area (Å²) in [6, 6.07) is 33.0. The molecule has 5 aromatic rings. The van der Waals surface area contributed by atoms with Crippen LogP contribution in [0.1, 0.15) is 30.5 Å². The molecule has 4 aromatic carbocycles. The van der Waals surface area contributed by atoms with Crippen molar-refractivity contribution in [2.75, 3.05) is 7.11 Å². The molecule has 2 heterocycles. The molecule has 0 amide bonds. The van der Waals surface area contributed by atoms with E-state index in [1.54, 1.807) is 7.11 Å². The number of methoxy groups -OCH3 is 1. The molecule has 0 saturated heterocycles. The lowest BCUT2D eigenvalue weighted by molar-refractivity contribution is 0.230. The largest absolute Gasteiger partial charge is 0.493 e. The maximum Gasteiger partial charge on any atom is 0.203 e. The number of benzene rings is 4. The average molecular weight is 599 g/mol. The van der Waals surface area contributed by atoms with Crippen molar-refractivity contribution >= 4 is 33.5 Å². The molecule has 0 atom stereocenters. The molecule has 37 heavy (non-hydrogen) atoms. The minimum atomic E-state index is -0.732. The zero-order valence-corrected chi connectivity index (χ0v) is 23.0. The smallest absolute Gasteiger partial charge is 0.203 e. The SMILES string of the molecule is COc1cc2c(cc1OC(C)C)-c1c(I)c(=O)c3ccccc3n1C2(c1ccccc1)c1ccccc1. The van der Waals surface area contributed by atoms with Gasteiger partial charge in [-0.05, 0) is 71.8 Å². The van der Waals surface area contributed by atoms with E-state index < -0.39 is 5.54 Å². The summed E-state index contributed by atoms with van der Waals surface area (Å²) in [5.74, 6) is 1.33. The fourth-order valence-corrected chi connectivity index (χ4v) is 6.49. The highest BCUT2D eigenvalue weighted by molar-refractivity contribution is 14.1. The monoisotopic (exact) mass is 599 g/mol. The first-order valence-electron chi connectivity index (χ1n) is 12.3. The molecule has 0 saturated carbocycles. The predicted molar refractivity (Wildman–Crippen MR) is 157 cm³/mol. The van der Waals surface area contributed by atoms with E-state index in [1.165, 1.54) is 0 Å². The zero-order valence-electron chi connectivity index (χ0n) is 20.9. The van der Waals surface area contributed by atoms with Crippen molar-refractivity contribution in [1.82, 2.24) is 4.57 Å². The van der Waals surface area contributed by atoms with Gasteiger partial charge in [0.2, 0.25) is 5.43 Å². The molecular formula is C32H26INO3. The summed E-state index contributed by atoms with van der Waals surface area (Å²) in [5, 5.41) is 0.699. The van der Waals surface area contributed by atoms with Crippen molar-refractivity contribution < 1.29 is 9.47 Å². The number of fused-ring (bicyclic) bond motifs is 5. The van der Waals surface area contributed by atoms with Crippen LogP contribution in [0.4, 0.5) is 0 Å². The Morgan fingerprint density at radius 2 is 1.41 bits per heavy atom. The number of aromatic nitrogens is 1. The third kappa shape index (κ3) is 3.44. The summed E-state index contributed by atoms with van der Waals surface area (Å²) in [6.45, 7) is 4.00. The van der Waals surface area contributed by atoms with Crippen molar-refractivity contribution in [3.63, 3.8) is 0 Å². The Bertz CT molecular complexity index is 1650. The van der Waals surface area contributed by atoms with Crippen LogP contribution in [-0.2, 0) is 5.54 Å². The first kappa shape index (κ1) is 23.8. The van der Waals surface area contributed by atoms with E-state index in [0.29, 0.717) is 20.5 Å². The second-order valence-corrected chi connectivity index (χ2v) is 10.6. The van der Waals surface area contributed by atoms with Gasteiger partial charge in [0.1, 0.15) is 5.54 Å². The molecule has 1 aliphatic heterocycles. The molecule has 0 radical (unpaired) electrons. The van der Waals surface area contributed by atoms with Crippen molar-refractivity contribution in [2.45, 2.75) is 25.5 Å². The number of pyridine rings is 1. The van der Waals surface area contributed by atoms with Gasteiger partial charge in [0.05, 0.1) is 28.0 Å². The van der Waals surface area contributed by atoms with Crippen LogP contribution in [0, 0.1) is 3.57 Å². The maximum absolute atomic E-state index is 13.7. The number of nitrogens with zero attached hydrogens (tertiary/aromatic N) is 1. The fourth-order valence-electron chi connectivity index (χ4n) is 5.67. The third-order valence-electron chi connectivity index (χ3n) is 7.05. The Labute approximate surface area is 229 Å². The number of ether oxygens (including phenoxy) is 2. The van der Waals surface area contributed by atoms with Gasteiger partial charge < -0.3 is 14.0 Å². The Morgan fingerprint density at radius 3 is 2.00 bits per heavy atom. The third-order valence-corrected chi connectivity index (χ3v) is 8.05. The van der Waals surface area contributed by atoms with E-state index >= 15 is 0 Å². The van der Waals surface area contributed by atoms with Gasteiger partial charge in [-0.1, -0.05) is 72.8 Å². The van der Waals surface area contributed by atoms with Crippen LogP contribution >= 0.6 is 22.6 Å². The molecule has 0 N–H and O–H groups in total. The molecule has 4 nitrogen and oxygen atoms in total. The minimum absolute atomic E-state index is 0.0285. The molecule has 0 unspecified atom stereocenters. The fraction of sp³-hybridized carbons (Fsp3) is 0.156. The summed E-state index contributed by atoms with van der Waals surface area (Å²) in [4.78, 5) is 13.7.